The van der Waals surface area contributed by atoms with Crippen molar-refractivity contribution in [3.8, 4) is 0 Å². The van der Waals surface area contributed by atoms with Crippen LogP contribution in [-0.2, 0) is 0 Å². The van der Waals surface area contributed by atoms with Gasteiger partial charge in [-0.25, -0.2) is 0 Å². The third-order valence-corrected chi connectivity index (χ3v) is 4.73. The van der Waals surface area contributed by atoms with Crippen LogP contribution >= 0.6 is 39.0 Å². The molecule has 0 amide bonds. The lowest BCUT2D eigenvalue weighted by Gasteiger charge is -2.02. The molecule has 1 saturated carbocycles. The van der Waals surface area contributed by atoms with Crippen LogP contribution in [0, 0.1) is 0 Å². The Kier molecular flexibility index (Phi) is 3.04. The molecule has 1 aromatic rings. The number of hydrogen-bond donors (Lipinski definition) is 0. The molecule has 0 aliphatic heterocycles. The molecule has 0 spiro atoms. The number of halogens is 1. The Balaban J connectivity index is 1.94. The van der Waals surface area contributed by atoms with E-state index in [-0.39, 0.29) is 0 Å². The van der Waals surface area contributed by atoms with E-state index in [1.807, 2.05) is 11.8 Å². The topological polar surface area (TPSA) is 25.8 Å². The third kappa shape index (κ3) is 2.20. The van der Waals surface area contributed by atoms with E-state index in [1.165, 1.54) is 25.7 Å². The van der Waals surface area contributed by atoms with Crippen LogP contribution < -0.4 is 0 Å². The van der Waals surface area contributed by atoms with Crippen molar-refractivity contribution in [1.82, 2.24) is 10.2 Å². The van der Waals surface area contributed by atoms with Crippen LogP contribution in [0.15, 0.2) is 8.26 Å². The average molecular weight is 265 g/mol. The first kappa shape index (κ1) is 8.97. The molecule has 2 nitrogen and oxygen atoms in total. The van der Waals surface area contributed by atoms with Gasteiger partial charge in [0.05, 0.1) is 0 Å². The van der Waals surface area contributed by atoms with Crippen molar-refractivity contribution >= 4 is 39.0 Å². The van der Waals surface area contributed by atoms with Gasteiger partial charge in [-0.3, -0.25) is 0 Å². The predicted octanol–water partition coefficient (Wildman–Crippen LogP) is 3.34. The normalized spacial score (nSPS) is 18.8. The van der Waals surface area contributed by atoms with Gasteiger partial charge in [0.2, 0.25) is 0 Å². The standard InChI is InChI=1S/C7H9BrN2S2/c8-6-9-10-7(12-6)11-5-3-1-2-4-5/h5H,1-4H2. The molecule has 2 rings (SSSR count). The second-order valence-electron chi connectivity index (χ2n) is 2.85. The van der Waals surface area contributed by atoms with E-state index in [9.17, 15) is 0 Å². The second kappa shape index (κ2) is 4.07. The number of rotatable bonds is 2. The monoisotopic (exact) mass is 264 g/mol. The highest BCUT2D eigenvalue weighted by Crippen LogP contribution is 2.36. The number of nitrogens with zero attached hydrogens (tertiary/aromatic N) is 2. The van der Waals surface area contributed by atoms with E-state index in [0.29, 0.717) is 0 Å². The molecule has 1 fully saturated rings. The Hall–Kier alpha value is 0.390. The number of aromatic nitrogens is 2. The molecule has 0 saturated heterocycles. The van der Waals surface area contributed by atoms with Crippen LogP contribution in [0.1, 0.15) is 25.7 Å². The van der Waals surface area contributed by atoms with Gasteiger partial charge >= 0.3 is 0 Å². The van der Waals surface area contributed by atoms with Crippen molar-refractivity contribution in [2.45, 2.75) is 35.3 Å². The summed E-state index contributed by atoms with van der Waals surface area (Å²) < 4.78 is 2.00. The second-order valence-corrected chi connectivity index (χ2v) is 6.65. The molecule has 1 aromatic heterocycles. The summed E-state index contributed by atoms with van der Waals surface area (Å²) in [6.45, 7) is 0. The molecule has 0 N–H and O–H groups in total. The fourth-order valence-corrected chi connectivity index (χ4v) is 4.34. The molecule has 12 heavy (non-hydrogen) atoms. The lowest BCUT2D eigenvalue weighted by atomic mass is 10.4. The van der Waals surface area contributed by atoms with Crippen molar-refractivity contribution in [2.24, 2.45) is 0 Å². The van der Waals surface area contributed by atoms with Crippen molar-refractivity contribution < 1.29 is 0 Å². The van der Waals surface area contributed by atoms with E-state index >= 15 is 0 Å². The largest absolute Gasteiger partial charge is 0.184 e. The summed E-state index contributed by atoms with van der Waals surface area (Å²) in [6, 6.07) is 0. The molecule has 5 heteroatoms. The maximum atomic E-state index is 4.06. The summed E-state index contributed by atoms with van der Waals surface area (Å²) in [5, 5.41) is 8.78. The fourth-order valence-electron chi connectivity index (χ4n) is 1.39. The van der Waals surface area contributed by atoms with Crippen LogP contribution in [-0.4, -0.2) is 15.4 Å². The van der Waals surface area contributed by atoms with E-state index in [0.717, 1.165) is 13.5 Å². The molecule has 0 bridgehead atoms. The lowest BCUT2D eigenvalue weighted by Crippen LogP contribution is -1.92. The molecule has 0 atom stereocenters. The third-order valence-electron chi connectivity index (χ3n) is 1.95. The van der Waals surface area contributed by atoms with Gasteiger partial charge in [0.1, 0.15) is 0 Å². The van der Waals surface area contributed by atoms with Crippen LogP contribution in [0.5, 0.6) is 0 Å². The van der Waals surface area contributed by atoms with Crippen molar-refractivity contribution in [2.75, 3.05) is 0 Å². The van der Waals surface area contributed by atoms with Crippen molar-refractivity contribution in [3.63, 3.8) is 0 Å². The highest BCUT2D eigenvalue weighted by atomic mass is 79.9. The maximum Gasteiger partial charge on any atom is 0.184 e. The van der Waals surface area contributed by atoms with Crippen molar-refractivity contribution in [3.05, 3.63) is 3.92 Å². The Morgan fingerprint density at radius 2 is 2.08 bits per heavy atom. The Bertz CT molecular complexity index is 258. The minimum Gasteiger partial charge on any atom is -0.131 e. The Morgan fingerprint density at radius 1 is 1.33 bits per heavy atom. The van der Waals surface area contributed by atoms with Gasteiger partial charge in [-0.1, -0.05) is 35.9 Å². The van der Waals surface area contributed by atoms with E-state index in [1.54, 1.807) is 11.3 Å². The molecule has 66 valence electrons. The summed E-state index contributed by atoms with van der Waals surface area (Å²) in [5.41, 5.74) is 0. The van der Waals surface area contributed by atoms with E-state index in [2.05, 4.69) is 26.1 Å². The molecule has 0 unspecified atom stereocenters. The van der Waals surface area contributed by atoms with Gasteiger partial charge in [-0.2, -0.15) is 0 Å². The summed E-state index contributed by atoms with van der Waals surface area (Å²) >= 11 is 6.83. The zero-order valence-corrected chi connectivity index (χ0v) is 9.71. The van der Waals surface area contributed by atoms with Crippen LogP contribution in [0.3, 0.4) is 0 Å². The minimum atomic E-state index is 0.796. The lowest BCUT2D eigenvalue weighted by molar-refractivity contribution is 0.886. The van der Waals surface area contributed by atoms with E-state index in [4.69, 9.17) is 0 Å². The molecule has 0 radical (unpaired) electrons. The molecule has 1 heterocycles. The molecule has 1 aliphatic carbocycles. The average Bonchev–Trinajstić information content (AvgIpc) is 2.63. The Morgan fingerprint density at radius 3 is 2.67 bits per heavy atom. The first-order chi connectivity index (χ1) is 5.84. The van der Waals surface area contributed by atoms with Gasteiger partial charge in [0.15, 0.2) is 8.26 Å². The van der Waals surface area contributed by atoms with Gasteiger partial charge in [-0.15, -0.1) is 10.2 Å². The van der Waals surface area contributed by atoms with Crippen LogP contribution in [0.25, 0.3) is 0 Å². The first-order valence-electron chi connectivity index (χ1n) is 4.00. The van der Waals surface area contributed by atoms with Crippen LogP contribution in [0.2, 0.25) is 0 Å². The smallest absolute Gasteiger partial charge is 0.131 e. The highest BCUT2D eigenvalue weighted by Gasteiger charge is 2.17. The predicted molar refractivity (Wildman–Crippen MR) is 55.7 cm³/mol. The van der Waals surface area contributed by atoms with E-state index < -0.39 is 0 Å². The van der Waals surface area contributed by atoms with Crippen LogP contribution in [0.4, 0.5) is 0 Å². The van der Waals surface area contributed by atoms with Gasteiger partial charge in [0, 0.05) is 5.25 Å². The highest BCUT2D eigenvalue weighted by molar-refractivity contribution is 9.11. The summed E-state index contributed by atoms with van der Waals surface area (Å²) in [4.78, 5) is 0. The molecular formula is C7H9BrN2S2. The molecule has 1 aliphatic rings. The summed E-state index contributed by atoms with van der Waals surface area (Å²) in [5.74, 6) is 0. The van der Waals surface area contributed by atoms with Crippen molar-refractivity contribution in [1.29, 1.82) is 0 Å². The summed E-state index contributed by atoms with van der Waals surface area (Å²) in [7, 11) is 0. The molecule has 0 aromatic carbocycles. The zero-order chi connectivity index (χ0) is 8.39. The summed E-state index contributed by atoms with van der Waals surface area (Å²) in [6.07, 6.45) is 5.47. The fraction of sp³-hybridized carbons (Fsp3) is 0.714. The van der Waals surface area contributed by atoms with Gasteiger partial charge < -0.3 is 0 Å². The SMILES string of the molecule is Brc1nnc(SC2CCCC2)s1. The number of thioether (sulfide) groups is 1. The van der Waals surface area contributed by atoms with Gasteiger partial charge in [-0.05, 0) is 28.8 Å². The number of hydrogen-bond acceptors (Lipinski definition) is 4. The zero-order valence-electron chi connectivity index (χ0n) is 6.49. The quantitative estimate of drug-likeness (QED) is 0.820. The van der Waals surface area contributed by atoms with Gasteiger partial charge in [0.25, 0.3) is 0 Å². The maximum absolute atomic E-state index is 4.06. The molecular weight excluding hydrogens is 256 g/mol. The Labute approximate surface area is 88.3 Å². The minimum absolute atomic E-state index is 0.796. The first-order valence-corrected chi connectivity index (χ1v) is 6.49.